The lowest BCUT2D eigenvalue weighted by Gasteiger charge is -2.39. The molecule has 0 unspecified atom stereocenters. The van der Waals surface area contributed by atoms with Gasteiger partial charge in [-0.1, -0.05) is 42.5 Å². The Morgan fingerprint density at radius 2 is 1.73 bits per heavy atom. The van der Waals surface area contributed by atoms with Gasteiger partial charge in [0.2, 0.25) is 21.8 Å². The molecule has 2 amide bonds. The number of hydrogen-bond acceptors (Lipinski definition) is 5. The number of carbonyl (C=O) groups excluding carboxylic acids is 2. The van der Waals surface area contributed by atoms with Crippen LogP contribution in [-0.2, 0) is 37.3 Å². The van der Waals surface area contributed by atoms with E-state index in [2.05, 4.69) is 0 Å². The number of likely N-dealkylation sites (tertiary alicyclic amines) is 1. The van der Waals surface area contributed by atoms with Crippen molar-refractivity contribution in [3.63, 3.8) is 0 Å². The fourth-order valence-electron chi connectivity index (χ4n) is 4.50. The van der Waals surface area contributed by atoms with Crippen LogP contribution in [0.15, 0.2) is 54.6 Å². The van der Waals surface area contributed by atoms with Gasteiger partial charge in [0.15, 0.2) is 0 Å². The van der Waals surface area contributed by atoms with Gasteiger partial charge in [0.25, 0.3) is 0 Å². The van der Waals surface area contributed by atoms with Crippen molar-refractivity contribution in [3.8, 4) is 0 Å². The monoisotopic (exact) mass is 533 g/mol. The zero-order chi connectivity index (χ0) is 26.8. The van der Waals surface area contributed by atoms with Crippen molar-refractivity contribution in [1.82, 2.24) is 14.1 Å². The molecule has 1 aliphatic heterocycles. The Morgan fingerprint density at radius 1 is 1.05 bits per heavy atom. The third-order valence-corrected chi connectivity index (χ3v) is 8.46. The Kier molecular flexibility index (Phi) is 10.6. The highest BCUT2D eigenvalue weighted by Crippen LogP contribution is 2.21. The molecule has 1 aliphatic rings. The zero-order valence-corrected chi connectivity index (χ0v) is 22.3. The lowest BCUT2D eigenvalue weighted by molar-refractivity contribution is -0.137. The number of benzene rings is 2. The molecule has 1 fully saturated rings. The van der Waals surface area contributed by atoms with Gasteiger partial charge in [-0.15, -0.1) is 0 Å². The van der Waals surface area contributed by atoms with E-state index in [4.69, 9.17) is 4.74 Å². The number of hydrogen-bond donors (Lipinski definition) is 0. The van der Waals surface area contributed by atoms with Crippen LogP contribution in [-0.4, -0.2) is 86.0 Å². The number of halogens is 1. The quantitative estimate of drug-likeness (QED) is 0.419. The fourth-order valence-corrected chi connectivity index (χ4v) is 5.52. The highest BCUT2D eigenvalue weighted by molar-refractivity contribution is 7.89. The summed E-state index contributed by atoms with van der Waals surface area (Å²) >= 11 is 0. The molecule has 0 spiro atoms. The normalized spacial score (nSPS) is 14.6. The van der Waals surface area contributed by atoms with E-state index < -0.39 is 15.8 Å². The number of methoxy groups -OCH3 is 1. The van der Waals surface area contributed by atoms with Crippen LogP contribution in [0.1, 0.15) is 30.9 Å². The number of piperidine rings is 1. The minimum Gasteiger partial charge on any atom is -0.383 e. The number of nitrogens with zero attached hydrogens (tertiary/aromatic N) is 3. The largest absolute Gasteiger partial charge is 0.383 e. The van der Waals surface area contributed by atoms with Gasteiger partial charge in [-0.05, 0) is 43.0 Å². The average Bonchev–Trinajstić information content (AvgIpc) is 2.90. The third kappa shape index (κ3) is 8.34. The molecule has 0 atom stereocenters. The Bertz CT molecular complexity index is 1140. The second-order valence-corrected chi connectivity index (χ2v) is 11.4. The van der Waals surface area contributed by atoms with E-state index in [0.29, 0.717) is 37.9 Å². The fraction of sp³-hybridized carbons (Fsp3) is 0.481. The second-order valence-electron chi connectivity index (χ2n) is 9.15. The number of amides is 2. The van der Waals surface area contributed by atoms with Crippen molar-refractivity contribution >= 4 is 21.8 Å². The predicted octanol–water partition coefficient (Wildman–Crippen LogP) is 2.69. The molecule has 2 aromatic carbocycles. The highest BCUT2D eigenvalue weighted by atomic mass is 32.2. The molecule has 0 saturated carbocycles. The molecular weight excluding hydrogens is 497 g/mol. The van der Waals surface area contributed by atoms with E-state index in [1.165, 1.54) is 26.2 Å². The smallest absolute Gasteiger partial charge is 0.238 e. The Balaban J connectivity index is 1.73. The summed E-state index contributed by atoms with van der Waals surface area (Å²) in [5.74, 6) is -0.851. The lowest BCUT2D eigenvalue weighted by atomic mass is 10.0. The molecule has 202 valence electrons. The van der Waals surface area contributed by atoms with Gasteiger partial charge in [-0.25, -0.2) is 12.8 Å². The van der Waals surface area contributed by atoms with Crippen LogP contribution in [0.3, 0.4) is 0 Å². The van der Waals surface area contributed by atoms with Gasteiger partial charge in [-0.3, -0.25) is 9.59 Å². The van der Waals surface area contributed by atoms with Crippen LogP contribution in [0.2, 0.25) is 0 Å². The number of sulfonamides is 1. The molecule has 37 heavy (non-hydrogen) atoms. The van der Waals surface area contributed by atoms with Crippen molar-refractivity contribution in [2.75, 3.05) is 45.6 Å². The Morgan fingerprint density at radius 3 is 2.35 bits per heavy atom. The molecule has 0 N–H and O–H groups in total. The third-order valence-electron chi connectivity index (χ3n) is 6.63. The molecule has 8 nitrogen and oxygen atoms in total. The Hall–Kier alpha value is -2.82. The van der Waals surface area contributed by atoms with Gasteiger partial charge in [-0.2, -0.15) is 4.31 Å². The van der Waals surface area contributed by atoms with Crippen molar-refractivity contribution in [3.05, 3.63) is 71.5 Å². The summed E-state index contributed by atoms with van der Waals surface area (Å²) in [7, 11) is -2.15. The van der Waals surface area contributed by atoms with E-state index >= 15 is 0 Å². The van der Waals surface area contributed by atoms with Crippen molar-refractivity contribution < 1.29 is 27.1 Å². The van der Waals surface area contributed by atoms with Gasteiger partial charge in [0.1, 0.15) is 5.82 Å². The number of carbonyl (C=O) groups is 2. The summed E-state index contributed by atoms with van der Waals surface area (Å²) < 4.78 is 45.3. The first-order valence-corrected chi connectivity index (χ1v) is 14.2. The lowest BCUT2D eigenvalue weighted by Crippen LogP contribution is -2.51. The molecule has 0 radical (unpaired) electrons. The first-order chi connectivity index (χ1) is 17.7. The van der Waals surface area contributed by atoms with Crippen LogP contribution in [0.5, 0.6) is 0 Å². The van der Waals surface area contributed by atoms with E-state index in [1.807, 2.05) is 30.3 Å². The summed E-state index contributed by atoms with van der Waals surface area (Å²) in [5, 5.41) is 0. The summed E-state index contributed by atoms with van der Waals surface area (Å²) in [4.78, 5) is 29.8. The van der Waals surface area contributed by atoms with Crippen LogP contribution in [0.25, 0.3) is 0 Å². The molecular formula is C27H36FN3O5S. The van der Waals surface area contributed by atoms with Crippen LogP contribution in [0.4, 0.5) is 4.39 Å². The van der Waals surface area contributed by atoms with Crippen LogP contribution >= 0.6 is 0 Å². The Labute approximate surface area is 219 Å². The van der Waals surface area contributed by atoms with E-state index in [0.717, 1.165) is 9.87 Å². The topological polar surface area (TPSA) is 87.2 Å². The highest BCUT2D eigenvalue weighted by Gasteiger charge is 2.32. The van der Waals surface area contributed by atoms with E-state index in [1.54, 1.807) is 21.9 Å². The SMILES string of the molecule is CCS(=O)(=O)N(CCOC)CC(=O)N(Cc1cccc(F)c1)C1CCN(C(=O)Cc2ccccc2)CC1. The van der Waals surface area contributed by atoms with Crippen LogP contribution in [0, 0.1) is 5.82 Å². The minimum atomic E-state index is -3.63. The van der Waals surface area contributed by atoms with Crippen LogP contribution < -0.4 is 0 Å². The minimum absolute atomic E-state index is 0.0347. The maximum Gasteiger partial charge on any atom is 0.238 e. The molecule has 0 aromatic heterocycles. The first kappa shape index (κ1) is 28.7. The summed E-state index contributed by atoms with van der Waals surface area (Å²) in [6.45, 7) is 2.59. The maximum atomic E-state index is 13.9. The van der Waals surface area contributed by atoms with Crippen molar-refractivity contribution in [1.29, 1.82) is 0 Å². The maximum absolute atomic E-state index is 13.9. The molecule has 2 aromatic rings. The molecule has 1 heterocycles. The average molecular weight is 534 g/mol. The summed E-state index contributed by atoms with van der Waals surface area (Å²) in [6.07, 6.45) is 1.43. The molecule has 1 saturated heterocycles. The van der Waals surface area contributed by atoms with Crippen molar-refractivity contribution in [2.24, 2.45) is 0 Å². The standard InChI is InChI=1S/C27H36FN3O5S/c1-3-37(34,35)30(16-17-36-2)21-27(33)31(20-23-10-7-11-24(28)18-23)25-12-14-29(15-13-25)26(32)19-22-8-5-4-6-9-22/h4-11,18,25H,3,12-17,19-21H2,1-2H3. The van der Waals surface area contributed by atoms with E-state index in [-0.39, 0.29) is 49.9 Å². The zero-order valence-electron chi connectivity index (χ0n) is 21.5. The molecule has 3 rings (SSSR count). The van der Waals surface area contributed by atoms with Gasteiger partial charge < -0.3 is 14.5 Å². The predicted molar refractivity (Wildman–Crippen MR) is 140 cm³/mol. The second kappa shape index (κ2) is 13.6. The van der Waals surface area contributed by atoms with Crippen molar-refractivity contribution in [2.45, 2.75) is 38.8 Å². The van der Waals surface area contributed by atoms with Gasteiger partial charge in [0, 0.05) is 39.3 Å². The van der Waals surface area contributed by atoms with Gasteiger partial charge >= 0.3 is 0 Å². The van der Waals surface area contributed by atoms with Gasteiger partial charge in [0.05, 0.1) is 25.3 Å². The van der Waals surface area contributed by atoms with E-state index in [9.17, 15) is 22.4 Å². The summed E-state index contributed by atoms with van der Waals surface area (Å²) in [6, 6.07) is 15.4. The number of rotatable bonds is 12. The molecule has 0 aliphatic carbocycles. The first-order valence-electron chi connectivity index (χ1n) is 12.6. The number of ether oxygens (including phenoxy) is 1. The summed E-state index contributed by atoms with van der Waals surface area (Å²) in [5.41, 5.74) is 1.57. The molecule has 0 bridgehead atoms. The molecule has 10 heteroatoms.